The zero-order valence-electron chi connectivity index (χ0n) is 10.9. The Kier molecular flexibility index (Phi) is 3.57. The number of methoxy groups -OCH3 is 1. The number of likely N-dealkylation sites (N-methyl/N-ethyl adjacent to an activating group) is 1. The van der Waals surface area contributed by atoms with Crippen molar-refractivity contribution >= 4 is 34.8 Å². The van der Waals surface area contributed by atoms with Crippen molar-refractivity contribution in [1.82, 2.24) is 4.90 Å². The van der Waals surface area contributed by atoms with Crippen molar-refractivity contribution in [1.29, 1.82) is 0 Å². The second-order valence-electron chi connectivity index (χ2n) is 4.31. The Labute approximate surface area is 114 Å². The third-order valence-electron chi connectivity index (χ3n) is 3.05. The standard InChI is InChI=1S/C12H14N2O4S/c1-6-5-19-10(12(17)18-3)9(6)13-7-4-8(15)14(2)11(7)16/h5,7,13H,4H2,1-3H3. The largest absolute Gasteiger partial charge is 0.465 e. The van der Waals surface area contributed by atoms with Crippen molar-refractivity contribution in [2.75, 3.05) is 19.5 Å². The molecule has 2 amide bonds. The minimum atomic E-state index is -0.616. The number of hydrogen-bond acceptors (Lipinski definition) is 6. The van der Waals surface area contributed by atoms with Gasteiger partial charge in [0.15, 0.2) is 0 Å². The average Bonchev–Trinajstić information content (AvgIpc) is 2.86. The highest BCUT2D eigenvalue weighted by Crippen LogP contribution is 2.30. The first-order valence-electron chi connectivity index (χ1n) is 5.69. The second kappa shape index (κ2) is 5.00. The molecule has 0 saturated carbocycles. The SMILES string of the molecule is COC(=O)c1scc(C)c1NC1CC(=O)N(C)C1=O. The number of aryl methyl sites for hydroxylation is 1. The molecule has 0 bridgehead atoms. The van der Waals surface area contributed by atoms with Crippen LogP contribution in [0.3, 0.4) is 0 Å². The molecule has 1 atom stereocenters. The predicted octanol–water partition coefficient (Wildman–Crippen LogP) is 1.01. The van der Waals surface area contributed by atoms with E-state index >= 15 is 0 Å². The molecule has 1 aromatic rings. The first kappa shape index (κ1) is 13.5. The molecule has 6 nitrogen and oxygen atoms in total. The van der Waals surface area contributed by atoms with E-state index in [1.165, 1.54) is 25.5 Å². The maximum atomic E-state index is 11.8. The van der Waals surface area contributed by atoms with E-state index in [1.807, 2.05) is 6.92 Å². The van der Waals surface area contributed by atoms with E-state index in [-0.39, 0.29) is 18.2 Å². The number of hydrogen-bond donors (Lipinski definition) is 1. The van der Waals surface area contributed by atoms with Crippen LogP contribution in [0.5, 0.6) is 0 Å². The van der Waals surface area contributed by atoms with Gasteiger partial charge in [0, 0.05) is 7.05 Å². The van der Waals surface area contributed by atoms with Crippen LogP contribution in [0.1, 0.15) is 21.7 Å². The van der Waals surface area contributed by atoms with Gasteiger partial charge in [0.05, 0.1) is 19.2 Å². The van der Waals surface area contributed by atoms with Gasteiger partial charge in [0.1, 0.15) is 10.9 Å². The zero-order chi connectivity index (χ0) is 14.2. The summed E-state index contributed by atoms with van der Waals surface area (Å²) in [7, 11) is 2.76. The fourth-order valence-electron chi connectivity index (χ4n) is 1.91. The molecule has 2 rings (SSSR count). The number of ether oxygens (including phenoxy) is 1. The van der Waals surface area contributed by atoms with Crippen LogP contribution in [-0.4, -0.2) is 42.9 Å². The Balaban J connectivity index is 2.25. The van der Waals surface area contributed by atoms with E-state index in [9.17, 15) is 14.4 Å². The van der Waals surface area contributed by atoms with Crippen LogP contribution >= 0.6 is 11.3 Å². The minimum absolute atomic E-state index is 0.102. The number of carbonyl (C=O) groups is 3. The molecule has 1 aliphatic rings. The first-order chi connectivity index (χ1) is 8.95. The van der Waals surface area contributed by atoms with E-state index in [2.05, 4.69) is 5.32 Å². The number of thiophene rings is 1. The van der Waals surface area contributed by atoms with Crippen LogP contribution in [0.15, 0.2) is 5.38 Å². The highest BCUT2D eigenvalue weighted by atomic mass is 32.1. The van der Waals surface area contributed by atoms with E-state index in [1.54, 1.807) is 5.38 Å². The lowest BCUT2D eigenvalue weighted by molar-refractivity contribution is -0.136. The molecule has 1 unspecified atom stereocenters. The van der Waals surface area contributed by atoms with Crippen molar-refractivity contribution in [3.63, 3.8) is 0 Å². The number of anilines is 1. The van der Waals surface area contributed by atoms with Gasteiger partial charge in [-0.25, -0.2) is 4.79 Å². The molecule has 0 aliphatic carbocycles. The van der Waals surface area contributed by atoms with Gasteiger partial charge in [-0.2, -0.15) is 0 Å². The third-order valence-corrected chi connectivity index (χ3v) is 4.12. The van der Waals surface area contributed by atoms with Crippen LogP contribution in [0.4, 0.5) is 5.69 Å². The van der Waals surface area contributed by atoms with Crippen molar-refractivity contribution in [2.45, 2.75) is 19.4 Å². The van der Waals surface area contributed by atoms with E-state index in [0.29, 0.717) is 10.6 Å². The average molecular weight is 282 g/mol. The normalized spacial score (nSPS) is 18.9. The third kappa shape index (κ3) is 2.33. The smallest absolute Gasteiger partial charge is 0.350 e. The number of esters is 1. The fourth-order valence-corrected chi connectivity index (χ4v) is 2.84. The highest BCUT2D eigenvalue weighted by Gasteiger charge is 2.37. The summed E-state index contributed by atoms with van der Waals surface area (Å²) in [5, 5.41) is 4.79. The molecule has 1 saturated heterocycles. The van der Waals surface area contributed by atoms with Gasteiger partial charge >= 0.3 is 5.97 Å². The number of amides is 2. The van der Waals surface area contributed by atoms with Gasteiger partial charge in [0.2, 0.25) is 5.91 Å². The summed E-state index contributed by atoms with van der Waals surface area (Å²) in [5.41, 5.74) is 1.42. The monoisotopic (exact) mass is 282 g/mol. The summed E-state index contributed by atoms with van der Waals surface area (Å²) in [5.74, 6) is -0.966. The fraction of sp³-hybridized carbons (Fsp3) is 0.417. The summed E-state index contributed by atoms with van der Waals surface area (Å²) in [4.78, 5) is 36.4. The van der Waals surface area contributed by atoms with Gasteiger partial charge < -0.3 is 10.1 Å². The van der Waals surface area contributed by atoms with Crippen LogP contribution < -0.4 is 5.32 Å². The molecule has 102 valence electrons. The molecule has 1 N–H and O–H groups in total. The number of likely N-dealkylation sites (tertiary alicyclic amines) is 1. The zero-order valence-corrected chi connectivity index (χ0v) is 11.7. The lowest BCUT2D eigenvalue weighted by Gasteiger charge is -2.13. The van der Waals surface area contributed by atoms with Gasteiger partial charge in [-0.3, -0.25) is 14.5 Å². The molecular weight excluding hydrogens is 268 g/mol. The van der Waals surface area contributed by atoms with Gasteiger partial charge in [-0.1, -0.05) is 0 Å². The lowest BCUT2D eigenvalue weighted by atomic mass is 10.2. The molecule has 19 heavy (non-hydrogen) atoms. The molecule has 0 radical (unpaired) electrons. The number of imide groups is 1. The molecule has 0 aromatic carbocycles. The van der Waals surface area contributed by atoms with Gasteiger partial charge in [-0.15, -0.1) is 11.3 Å². The van der Waals surface area contributed by atoms with E-state index in [0.717, 1.165) is 10.5 Å². The molecule has 1 fully saturated rings. The molecular formula is C12H14N2O4S. The van der Waals surface area contributed by atoms with Crippen LogP contribution in [0, 0.1) is 6.92 Å². The quantitative estimate of drug-likeness (QED) is 0.661. The summed E-state index contributed by atoms with van der Waals surface area (Å²) in [6.45, 7) is 1.83. The Bertz CT molecular complexity index is 552. The molecule has 7 heteroatoms. The number of carbonyl (C=O) groups excluding carboxylic acids is 3. The Hall–Kier alpha value is -1.89. The maximum Gasteiger partial charge on any atom is 0.350 e. The van der Waals surface area contributed by atoms with Crippen LogP contribution in [0.2, 0.25) is 0 Å². The van der Waals surface area contributed by atoms with Crippen molar-refractivity contribution < 1.29 is 19.1 Å². The number of nitrogens with one attached hydrogen (secondary N) is 1. The Morgan fingerprint density at radius 3 is 2.74 bits per heavy atom. The summed E-state index contributed by atoms with van der Waals surface area (Å²) < 4.78 is 4.69. The lowest BCUT2D eigenvalue weighted by Crippen LogP contribution is -2.32. The Morgan fingerprint density at radius 1 is 1.53 bits per heavy atom. The van der Waals surface area contributed by atoms with Gasteiger partial charge in [0.25, 0.3) is 5.91 Å². The summed E-state index contributed by atoms with van der Waals surface area (Å²) in [6, 6.07) is -0.616. The molecule has 1 aliphatic heterocycles. The molecule has 0 spiro atoms. The maximum absolute atomic E-state index is 11.8. The first-order valence-corrected chi connectivity index (χ1v) is 6.57. The molecule has 2 heterocycles. The summed E-state index contributed by atoms with van der Waals surface area (Å²) in [6.07, 6.45) is 0.102. The molecule has 1 aromatic heterocycles. The second-order valence-corrected chi connectivity index (χ2v) is 5.19. The van der Waals surface area contributed by atoms with E-state index in [4.69, 9.17) is 4.74 Å². The summed E-state index contributed by atoms with van der Waals surface area (Å²) >= 11 is 1.25. The van der Waals surface area contributed by atoms with Crippen LogP contribution in [0.25, 0.3) is 0 Å². The number of rotatable bonds is 3. The van der Waals surface area contributed by atoms with Crippen molar-refractivity contribution in [2.24, 2.45) is 0 Å². The van der Waals surface area contributed by atoms with Crippen molar-refractivity contribution in [3.05, 3.63) is 15.8 Å². The highest BCUT2D eigenvalue weighted by molar-refractivity contribution is 7.12. The predicted molar refractivity (Wildman–Crippen MR) is 70.2 cm³/mol. The van der Waals surface area contributed by atoms with Crippen molar-refractivity contribution in [3.8, 4) is 0 Å². The van der Waals surface area contributed by atoms with Gasteiger partial charge in [-0.05, 0) is 17.9 Å². The van der Waals surface area contributed by atoms with Crippen LogP contribution in [-0.2, 0) is 14.3 Å². The Morgan fingerprint density at radius 2 is 2.21 bits per heavy atom. The number of nitrogens with zero attached hydrogens (tertiary/aromatic N) is 1. The van der Waals surface area contributed by atoms with E-state index < -0.39 is 12.0 Å². The minimum Gasteiger partial charge on any atom is -0.465 e. The topological polar surface area (TPSA) is 75.7 Å².